The molecule has 1 aliphatic rings. The Balaban J connectivity index is 2.09. The number of hydrogen-bond donors (Lipinski definition) is 1. The van der Waals surface area contributed by atoms with Crippen molar-refractivity contribution in [3.05, 3.63) is 35.4 Å². The van der Waals surface area contributed by atoms with Crippen molar-refractivity contribution in [3.8, 4) is 0 Å². The Morgan fingerprint density at radius 1 is 1.24 bits per heavy atom. The van der Waals surface area contributed by atoms with E-state index in [0.29, 0.717) is 5.92 Å². The molecule has 1 fully saturated rings. The van der Waals surface area contributed by atoms with Gasteiger partial charge >= 0.3 is 0 Å². The summed E-state index contributed by atoms with van der Waals surface area (Å²) in [6.07, 6.45) is 4.07. The molecule has 0 radical (unpaired) electrons. The summed E-state index contributed by atoms with van der Waals surface area (Å²) in [5.74, 6) is 1.18. The molecule has 1 N–H and O–H groups in total. The molecule has 3 unspecified atom stereocenters. The highest BCUT2D eigenvalue weighted by Crippen LogP contribution is 2.38. The summed E-state index contributed by atoms with van der Waals surface area (Å²) in [6, 6.07) is 8.57. The summed E-state index contributed by atoms with van der Waals surface area (Å²) in [6.45, 7) is 6.59. The van der Waals surface area contributed by atoms with Crippen LogP contribution in [-0.4, -0.2) is 10.7 Å². The van der Waals surface area contributed by atoms with Gasteiger partial charge in [-0.15, -0.1) is 0 Å². The van der Waals surface area contributed by atoms with Crippen molar-refractivity contribution in [3.63, 3.8) is 0 Å². The molecule has 1 aliphatic carbocycles. The van der Waals surface area contributed by atoms with Gasteiger partial charge in [-0.2, -0.15) is 0 Å². The summed E-state index contributed by atoms with van der Waals surface area (Å²) in [7, 11) is 0. The van der Waals surface area contributed by atoms with Gasteiger partial charge in [0.25, 0.3) is 0 Å². The van der Waals surface area contributed by atoms with Gasteiger partial charge in [0.1, 0.15) is 0 Å². The van der Waals surface area contributed by atoms with E-state index in [2.05, 4.69) is 45.0 Å². The average molecular weight is 232 g/mol. The molecule has 94 valence electrons. The molecule has 0 amide bonds. The first-order chi connectivity index (χ1) is 7.99. The minimum atomic E-state index is -0.484. The molecule has 0 aliphatic heterocycles. The number of aryl methyl sites for hydroxylation is 1. The van der Waals surface area contributed by atoms with Crippen LogP contribution in [-0.2, 0) is 6.42 Å². The molecule has 1 nitrogen and oxygen atoms in total. The lowest BCUT2D eigenvalue weighted by molar-refractivity contribution is -0.0522. The Morgan fingerprint density at radius 3 is 2.47 bits per heavy atom. The lowest BCUT2D eigenvalue weighted by Crippen LogP contribution is -2.43. The van der Waals surface area contributed by atoms with Gasteiger partial charge in [-0.25, -0.2) is 0 Å². The van der Waals surface area contributed by atoms with E-state index in [9.17, 15) is 5.11 Å². The van der Waals surface area contributed by atoms with Gasteiger partial charge in [0.2, 0.25) is 0 Å². The fourth-order valence-corrected chi connectivity index (χ4v) is 3.01. The van der Waals surface area contributed by atoms with Gasteiger partial charge in [0, 0.05) is 6.42 Å². The van der Waals surface area contributed by atoms with Crippen molar-refractivity contribution in [2.45, 2.75) is 52.1 Å². The third kappa shape index (κ3) is 2.90. The van der Waals surface area contributed by atoms with Crippen molar-refractivity contribution in [2.24, 2.45) is 11.8 Å². The zero-order valence-electron chi connectivity index (χ0n) is 11.2. The number of aliphatic hydroxyl groups is 1. The Bertz CT molecular complexity index is 368. The average Bonchev–Trinajstić information content (AvgIpc) is 2.28. The van der Waals surface area contributed by atoms with Gasteiger partial charge < -0.3 is 5.11 Å². The van der Waals surface area contributed by atoms with Crippen LogP contribution in [0.2, 0.25) is 0 Å². The molecule has 0 heterocycles. The van der Waals surface area contributed by atoms with Crippen molar-refractivity contribution < 1.29 is 5.11 Å². The van der Waals surface area contributed by atoms with Crippen molar-refractivity contribution in [2.75, 3.05) is 0 Å². The Morgan fingerprint density at radius 2 is 1.88 bits per heavy atom. The van der Waals surface area contributed by atoms with E-state index in [1.165, 1.54) is 11.1 Å². The van der Waals surface area contributed by atoms with Gasteiger partial charge in [-0.3, -0.25) is 0 Å². The maximum atomic E-state index is 10.8. The molecule has 0 aromatic heterocycles. The second kappa shape index (κ2) is 4.81. The first-order valence-electron chi connectivity index (χ1n) is 6.77. The predicted octanol–water partition coefficient (Wildman–Crippen LogP) is 3.72. The van der Waals surface area contributed by atoms with Crippen LogP contribution in [0.4, 0.5) is 0 Å². The van der Waals surface area contributed by atoms with Gasteiger partial charge in [-0.1, -0.05) is 43.7 Å². The first kappa shape index (κ1) is 12.6. The highest BCUT2D eigenvalue weighted by molar-refractivity contribution is 5.23. The minimum absolute atomic E-state index is 0.410. The molecule has 1 heteroatoms. The van der Waals surface area contributed by atoms with Crippen molar-refractivity contribution in [1.82, 2.24) is 0 Å². The summed E-state index contributed by atoms with van der Waals surface area (Å²) in [5, 5.41) is 10.8. The van der Waals surface area contributed by atoms with E-state index < -0.39 is 5.60 Å². The third-order valence-electron chi connectivity index (χ3n) is 4.37. The standard InChI is InChI=1S/C16H24O/c1-12-4-6-15(7-5-12)11-16(17)9-8-13(2)10-14(16)3/h4-7,13-14,17H,8-11H2,1-3H3. The lowest BCUT2D eigenvalue weighted by Gasteiger charge is -2.41. The molecular weight excluding hydrogens is 208 g/mol. The molecule has 1 saturated carbocycles. The molecule has 0 spiro atoms. The monoisotopic (exact) mass is 232 g/mol. The quantitative estimate of drug-likeness (QED) is 0.824. The molecule has 17 heavy (non-hydrogen) atoms. The second-order valence-corrected chi connectivity index (χ2v) is 6.05. The van der Waals surface area contributed by atoms with Crippen LogP contribution in [0, 0.1) is 18.8 Å². The van der Waals surface area contributed by atoms with Gasteiger partial charge in [-0.05, 0) is 43.6 Å². The molecule has 0 bridgehead atoms. The van der Waals surface area contributed by atoms with Crippen LogP contribution in [0.25, 0.3) is 0 Å². The van der Waals surface area contributed by atoms with Gasteiger partial charge in [0.05, 0.1) is 5.60 Å². The number of benzene rings is 1. The Labute approximate surface area is 105 Å². The van der Waals surface area contributed by atoms with E-state index >= 15 is 0 Å². The second-order valence-electron chi connectivity index (χ2n) is 6.05. The largest absolute Gasteiger partial charge is 0.389 e. The van der Waals surface area contributed by atoms with Crippen LogP contribution in [0.3, 0.4) is 0 Å². The van der Waals surface area contributed by atoms with E-state index in [0.717, 1.165) is 31.6 Å². The number of hydrogen-bond acceptors (Lipinski definition) is 1. The fraction of sp³-hybridized carbons (Fsp3) is 0.625. The topological polar surface area (TPSA) is 20.2 Å². The van der Waals surface area contributed by atoms with E-state index in [-0.39, 0.29) is 0 Å². The van der Waals surface area contributed by atoms with Crippen LogP contribution < -0.4 is 0 Å². The summed E-state index contributed by atoms with van der Waals surface area (Å²) in [5.41, 5.74) is 2.06. The Hall–Kier alpha value is -0.820. The van der Waals surface area contributed by atoms with Crippen LogP contribution in [0.1, 0.15) is 44.2 Å². The third-order valence-corrected chi connectivity index (χ3v) is 4.37. The molecule has 2 rings (SSSR count). The van der Waals surface area contributed by atoms with Crippen molar-refractivity contribution in [1.29, 1.82) is 0 Å². The highest BCUT2D eigenvalue weighted by atomic mass is 16.3. The van der Waals surface area contributed by atoms with E-state index in [1.807, 2.05) is 0 Å². The predicted molar refractivity (Wildman–Crippen MR) is 72.0 cm³/mol. The van der Waals surface area contributed by atoms with Gasteiger partial charge in [0.15, 0.2) is 0 Å². The summed E-state index contributed by atoms with van der Waals surface area (Å²) in [4.78, 5) is 0. The molecule has 3 atom stereocenters. The van der Waals surface area contributed by atoms with Crippen molar-refractivity contribution >= 4 is 0 Å². The van der Waals surface area contributed by atoms with Crippen LogP contribution >= 0.6 is 0 Å². The molecule has 1 aromatic rings. The Kier molecular flexibility index (Phi) is 3.58. The fourth-order valence-electron chi connectivity index (χ4n) is 3.01. The summed E-state index contributed by atoms with van der Waals surface area (Å²) < 4.78 is 0. The molecule has 0 saturated heterocycles. The minimum Gasteiger partial charge on any atom is -0.389 e. The molecular formula is C16H24O. The normalized spacial score (nSPS) is 33.6. The maximum absolute atomic E-state index is 10.8. The zero-order valence-corrected chi connectivity index (χ0v) is 11.2. The lowest BCUT2D eigenvalue weighted by atomic mass is 9.70. The summed E-state index contributed by atoms with van der Waals surface area (Å²) >= 11 is 0. The smallest absolute Gasteiger partial charge is 0.0713 e. The molecule has 1 aromatic carbocycles. The van der Waals surface area contributed by atoms with Crippen LogP contribution in [0.15, 0.2) is 24.3 Å². The SMILES string of the molecule is Cc1ccc(CC2(O)CCC(C)CC2C)cc1. The van der Waals surface area contributed by atoms with E-state index in [1.54, 1.807) is 0 Å². The zero-order chi connectivity index (χ0) is 12.5. The highest BCUT2D eigenvalue weighted by Gasteiger charge is 2.38. The van der Waals surface area contributed by atoms with Crippen LogP contribution in [0.5, 0.6) is 0 Å². The number of rotatable bonds is 2. The first-order valence-corrected chi connectivity index (χ1v) is 6.77. The van der Waals surface area contributed by atoms with E-state index in [4.69, 9.17) is 0 Å². The maximum Gasteiger partial charge on any atom is 0.0713 e.